The minimum atomic E-state index is -0.294. The molecule has 0 aliphatic rings. The van der Waals surface area contributed by atoms with Crippen LogP contribution < -0.4 is 5.32 Å². The van der Waals surface area contributed by atoms with Gasteiger partial charge in [-0.3, -0.25) is 0 Å². The summed E-state index contributed by atoms with van der Waals surface area (Å²) in [6.07, 6.45) is -0.294. The summed E-state index contributed by atoms with van der Waals surface area (Å²) in [6.45, 7) is 9.76. The Kier molecular flexibility index (Phi) is 6.73. The van der Waals surface area contributed by atoms with Gasteiger partial charge >= 0.3 is 0 Å². The van der Waals surface area contributed by atoms with E-state index < -0.39 is 0 Å². The Hall–Kier alpha value is -0.420. The summed E-state index contributed by atoms with van der Waals surface area (Å²) in [7, 11) is 0. The van der Waals surface area contributed by atoms with Crippen LogP contribution in [0.4, 0.5) is 0 Å². The Morgan fingerprint density at radius 1 is 1.41 bits per heavy atom. The van der Waals surface area contributed by atoms with Gasteiger partial charge in [0.1, 0.15) is 0 Å². The van der Waals surface area contributed by atoms with E-state index in [1.165, 1.54) is 4.88 Å². The highest BCUT2D eigenvalue weighted by atomic mass is 32.1. The first-order valence-corrected chi connectivity index (χ1v) is 7.22. The molecule has 17 heavy (non-hydrogen) atoms. The van der Waals surface area contributed by atoms with E-state index in [9.17, 15) is 5.11 Å². The summed E-state index contributed by atoms with van der Waals surface area (Å²) in [5.41, 5.74) is 0. The number of nitrogens with zero attached hydrogens (tertiary/aromatic N) is 1. The Morgan fingerprint density at radius 2 is 2.12 bits per heavy atom. The lowest BCUT2D eigenvalue weighted by molar-refractivity contribution is 0.114. The van der Waals surface area contributed by atoms with Gasteiger partial charge < -0.3 is 15.3 Å². The number of hydrogen-bond donors (Lipinski definition) is 2. The van der Waals surface area contributed by atoms with Crippen LogP contribution in [0.25, 0.3) is 0 Å². The lowest BCUT2D eigenvalue weighted by Gasteiger charge is -2.23. The Labute approximate surface area is 108 Å². The van der Waals surface area contributed by atoms with Crippen molar-refractivity contribution >= 4 is 11.3 Å². The van der Waals surface area contributed by atoms with Crippen LogP contribution in [0.15, 0.2) is 17.5 Å². The lowest BCUT2D eigenvalue weighted by atomic mass is 10.2. The maximum Gasteiger partial charge on any atom is 0.0791 e. The number of rotatable bonds is 8. The first kappa shape index (κ1) is 14.6. The maximum absolute atomic E-state index is 9.93. The third-order valence-electron chi connectivity index (χ3n) is 2.99. The average molecular weight is 256 g/mol. The molecule has 0 aliphatic heterocycles. The molecule has 0 fully saturated rings. The third kappa shape index (κ3) is 5.17. The Morgan fingerprint density at radius 3 is 2.65 bits per heavy atom. The summed E-state index contributed by atoms with van der Waals surface area (Å²) in [5, 5.41) is 15.4. The summed E-state index contributed by atoms with van der Waals surface area (Å²) >= 11 is 1.75. The standard InChI is InChI=1S/C13H24N2OS/c1-4-15(5-2)10-12(16)9-14-11(3)13-7-6-8-17-13/h6-8,11-12,14,16H,4-5,9-10H2,1-3H3/t11-,12?/m1/s1. The second-order valence-corrected chi connectivity index (χ2v) is 5.26. The molecule has 1 aromatic rings. The normalized spacial score (nSPS) is 15.1. The monoisotopic (exact) mass is 256 g/mol. The molecule has 0 bridgehead atoms. The molecular weight excluding hydrogens is 232 g/mol. The zero-order chi connectivity index (χ0) is 12.7. The molecule has 0 spiro atoms. The molecule has 0 aliphatic carbocycles. The molecule has 1 heterocycles. The molecule has 1 aromatic heterocycles. The summed E-state index contributed by atoms with van der Waals surface area (Å²) < 4.78 is 0. The molecule has 3 nitrogen and oxygen atoms in total. The van der Waals surface area contributed by atoms with Gasteiger partial charge in [0.15, 0.2) is 0 Å². The molecule has 2 atom stereocenters. The molecule has 1 unspecified atom stereocenters. The molecule has 1 rings (SSSR count). The van der Waals surface area contributed by atoms with E-state index in [0.29, 0.717) is 12.6 Å². The van der Waals surface area contributed by atoms with Crippen LogP contribution in [0, 0.1) is 0 Å². The van der Waals surface area contributed by atoms with Gasteiger partial charge in [-0.05, 0) is 31.5 Å². The molecule has 0 saturated carbocycles. The fourth-order valence-corrected chi connectivity index (χ4v) is 2.55. The van der Waals surface area contributed by atoms with Crippen molar-refractivity contribution in [2.75, 3.05) is 26.2 Å². The van der Waals surface area contributed by atoms with Crippen molar-refractivity contribution in [3.05, 3.63) is 22.4 Å². The van der Waals surface area contributed by atoms with Gasteiger partial charge in [-0.1, -0.05) is 19.9 Å². The van der Waals surface area contributed by atoms with E-state index in [2.05, 4.69) is 48.5 Å². The number of thiophene rings is 1. The Bertz CT molecular complexity index is 286. The fraction of sp³-hybridized carbons (Fsp3) is 0.692. The molecule has 2 N–H and O–H groups in total. The van der Waals surface area contributed by atoms with Gasteiger partial charge in [0.05, 0.1) is 6.10 Å². The maximum atomic E-state index is 9.93. The van der Waals surface area contributed by atoms with E-state index in [-0.39, 0.29) is 6.10 Å². The van der Waals surface area contributed by atoms with Crippen LogP contribution in [0.5, 0.6) is 0 Å². The molecular formula is C13H24N2OS. The number of nitrogens with one attached hydrogen (secondary N) is 1. The molecule has 0 saturated heterocycles. The van der Waals surface area contributed by atoms with Crippen molar-refractivity contribution < 1.29 is 5.11 Å². The number of likely N-dealkylation sites (N-methyl/N-ethyl adjacent to an activating group) is 1. The van der Waals surface area contributed by atoms with Gasteiger partial charge in [-0.2, -0.15) is 0 Å². The van der Waals surface area contributed by atoms with Crippen molar-refractivity contribution in [3.63, 3.8) is 0 Å². The molecule has 98 valence electrons. The molecule has 0 aromatic carbocycles. The zero-order valence-corrected chi connectivity index (χ0v) is 11.8. The minimum Gasteiger partial charge on any atom is -0.390 e. The molecule has 0 amide bonds. The predicted octanol–water partition coefficient (Wildman–Crippen LogP) is 2.10. The van der Waals surface area contributed by atoms with Gasteiger partial charge in [-0.25, -0.2) is 0 Å². The first-order valence-electron chi connectivity index (χ1n) is 6.34. The van der Waals surface area contributed by atoms with Crippen molar-refractivity contribution in [2.24, 2.45) is 0 Å². The van der Waals surface area contributed by atoms with Crippen molar-refractivity contribution in [2.45, 2.75) is 32.9 Å². The third-order valence-corrected chi connectivity index (χ3v) is 4.05. The number of hydrogen-bond acceptors (Lipinski definition) is 4. The van der Waals surface area contributed by atoms with E-state index in [4.69, 9.17) is 0 Å². The van der Waals surface area contributed by atoms with Crippen LogP contribution >= 0.6 is 11.3 Å². The van der Waals surface area contributed by atoms with Crippen molar-refractivity contribution in [1.29, 1.82) is 0 Å². The van der Waals surface area contributed by atoms with Crippen LogP contribution in [-0.4, -0.2) is 42.3 Å². The highest BCUT2D eigenvalue weighted by Crippen LogP contribution is 2.17. The van der Waals surface area contributed by atoms with Gasteiger partial charge in [0.2, 0.25) is 0 Å². The quantitative estimate of drug-likeness (QED) is 0.748. The fourth-order valence-electron chi connectivity index (χ4n) is 1.80. The van der Waals surface area contributed by atoms with Gasteiger partial charge in [0, 0.05) is 24.0 Å². The minimum absolute atomic E-state index is 0.294. The average Bonchev–Trinajstić information content (AvgIpc) is 2.86. The van der Waals surface area contributed by atoms with Crippen LogP contribution in [0.2, 0.25) is 0 Å². The summed E-state index contributed by atoms with van der Waals surface area (Å²) in [5.74, 6) is 0. The van der Waals surface area contributed by atoms with E-state index >= 15 is 0 Å². The molecule has 4 heteroatoms. The van der Waals surface area contributed by atoms with Crippen LogP contribution in [-0.2, 0) is 0 Å². The molecule has 0 radical (unpaired) electrons. The number of aliphatic hydroxyl groups is 1. The van der Waals surface area contributed by atoms with E-state index in [1.54, 1.807) is 11.3 Å². The van der Waals surface area contributed by atoms with Gasteiger partial charge in [0.25, 0.3) is 0 Å². The van der Waals surface area contributed by atoms with E-state index in [0.717, 1.165) is 19.6 Å². The second-order valence-electron chi connectivity index (χ2n) is 4.29. The predicted molar refractivity (Wildman–Crippen MR) is 74.5 cm³/mol. The van der Waals surface area contributed by atoms with Crippen LogP contribution in [0.3, 0.4) is 0 Å². The Balaban J connectivity index is 2.25. The number of aliphatic hydroxyl groups excluding tert-OH is 1. The highest BCUT2D eigenvalue weighted by molar-refractivity contribution is 7.10. The summed E-state index contributed by atoms with van der Waals surface area (Å²) in [6, 6.07) is 4.50. The summed E-state index contributed by atoms with van der Waals surface area (Å²) in [4.78, 5) is 3.56. The SMILES string of the molecule is CCN(CC)CC(O)CN[C@H](C)c1cccs1. The first-order chi connectivity index (χ1) is 8.17. The largest absolute Gasteiger partial charge is 0.390 e. The van der Waals surface area contributed by atoms with Crippen LogP contribution in [0.1, 0.15) is 31.7 Å². The van der Waals surface area contributed by atoms with Gasteiger partial charge in [-0.15, -0.1) is 11.3 Å². The van der Waals surface area contributed by atoms with Crippen molar-refractivity contribution in [3.8, 4) is 0 Å². The zero-order valence-electron chi connectivity index (χ0n) is 11.0. The topological polar surface area (TPSA) is 35.5 Å². The highest BCUT2D eigenvalue weighted by Gasteiger charge is 2.11. The lowest BCUT2D eigenvalue weighted by Crippen LogP contribution is -2.38. The van der Waals surface area contributed by atoms with Crippen molar-refractivity contribution in [1.82, 2.24) is 10.2 Å². The second kappa shape index (κ2) is 7.82. The smallest absolute Gasteiger partial charge is 0.0791 e. The van der Waals surface area contributed by atoms with E-state index in [1.807, 2.05) is 0 Å².